The molecule has 0 spiro atoms. The Hall–Kier alpha value is -0.890. The van der Waals surface area contributed by atoms with E-state index in [2.05, 4.69) is 32.2 Å². The van der Waals surface area contributed by atoms with E-state index in [1.54, 1.807) is 6.07 Å². The Labute approximate surface area is 127 Å². The Morgan fingerprint density at radius 3 is 2.71 bits per heavy atom. The Balaban J connectivity index is 1.62. The van der Waals surface area contributed by atoms with Crippen molar-refractivity contribution in [2.24, 2.45) is 16.7 Å². The number of halogens is 1. The normalized spacial score (nSPS) is 39.7. The molecule has 2 bridgehead atoms. The molecule has 0 amide bonds. The number of hydrogen-bond donors (Lipinski definition) is 1. The van der Waals surface area contributed by atoms with Gasteiger partial charge >= 0.3 is 0 Å². The summed E-state index contributed by atoms with van der Waals surface area (Å²) in [6, 6.07) is 6.48. The molecule has 1 N–H and O–H groups in total. The SMILES string of the molecule is CC12CCC(C1)C(C)(C)C2NC1CCc2c(F)cccc21. The summed E-state index contributed by atoms with van der Waals surface area (Å²) in [5, 5.41) is 3.96. The predicted molar refractivity (Wildman–Crippen MR) is 83.6 cm³/mol. The summed E-state index contributed by atoms with van der Waals surface area (Å²) in [7, 11) is 0. The highest BCUT2D eigenvalue weighted by Gasteiger charge is 2.59. The number of benzene rings is 1. The summed E-state index contributed by atoms with van der Waals surface area (Å²) in [5.41, 5.74) is 2.95. The first kappa shape index (κ1) is 13.8. The lowest BCUT2D eigenvalue weighted by Gasteiger charge is -2.44. The van der Waals surface area contributed by atoms with E-state index in [0.29, 0.717) is 22.9 Å². The van der Waals surface area contributed by atoms with Crippen LogP contribution in [0.25, 0.3) is 0 Å². The molecule has 2 heteroatoms. The first-order valence-corrected chi connectivity index (χ1v) is 8.45. The largest absolute Gasteiger partial charge is 0.306 e. The fraction of sp³-hybridized carbons (Fsp3) is 0.684. The van der Waals surface area contributed by atoms with Crippen LogP contribution in [0.15, 0.2) is 18.2 Å². The minimum atomic E-state index is -0.0183. The second kappa shape index (κ2) is 4.32. The van der Waals surface area contributed by atoms with Crippen molar-refractivity contribution in [3.8, 4) is 0 Å². The minimum absolute atomic E-state index is 0.0183. The molecule has 0 aliphatic heterocycles. The average Bonchev–Trinajstić information content (AvgIpc) is 3.05. The topological polar surface area (TPSA) is 12.0 Å². The van der Waals surface area contributed by atoms with Gasteiger partial charge in [0.1, 0.15) is 5.82 Å². The van der Waals surface area contributed by atoms with Crippen molar-refractivity contribution in [1.82, 2.24) is 5.32 Å². The van der Waals surface area contributed by atoms with Gasteiger partial charge in [0.2, 0.25) is 0 Å². The van der Waals surface area contributed by atoms with E-state index in [0.717, 1.165) is 24.3 Å². The Bertz CT molecular complexity index is 574. The van der Waals surface area contributed by atoms with Gasteiger partial charge in [-0.25, -0.2) is 4.39 Å². The molecule has 2 fully saturated rings. The lowest BCUT2D eigenvalue weighted by Crippen LogP contribution is -2.51. The molecule has 4 rings (SSSR count). The number of rotatable bonds is 2. The Morgan fingerprint density at radius 2 is 2.00 bits per heavy atom. The van der Waals surface area contributed by atoms with Crippen LogP contribution in [-0.2, 0) is 6.42 Å². The van der Waals surface area contributed by atoms with Crippen molar-refractivity contribution >= 4 is 0 Å². The lowest BCUT2D eigenvalue weighted by atomic mass is 9.68. The molecule has 114 valence electrons. The summed E-state index contributed by atoms with van der Waals surface area (Å²) >= 11 is 0. The zero-order valence-electron chi connectivity index (χ0n) is 13.4. The molecule has 3 aliphatic rings. The second-order valence-corrected chi connectivity index (χ2v) is 8.41. The van der Waals surface area contributed by atoms with Crippen molar-refractivity contribution < 1.29 is 4.39 Å². The lowest BCUT2D eigenvalue weighted by molar-refractivity contribution is 0.0983. The summed E-state index contributed by atoms with van der Waals surface area (Å²) in [5.74, 6) is 0.837. The summed E-state index contributed by atoms with van der Waals surface area (Å²) < 4.78 is 13.9. The molecule has 4 unspecified atom stereocenters. The van der Waals surface area contributed by atoms with E-state index >= 15 is 0 Å². The van der Waals surface area contributed by atoms with Gasteiger partial charge in [-0.15, -0.1) is 0 Å². The van der Waals surface area contributed by atoms with Crippen LogP contribution in [0.2, 0.25) is 0 Å². The zero-order chi connectivity index (χ0) is 14.8. The number of nitrogens with one attached hydrogen (secondary N) is 1. The number of fused-ring (bicyclic) bond motifs is 3. The molecule has 0 aromatic heterocycles. The van der Waals surface area contributed by atoms with Crippen molar-refractivity contribution in [3.05, 3.63) is 35.1 Å². The molecule has 3 aliphatic carbocycles. The van der Waals surface area contributed by atoms with E-state index in [4.69, 9.17) is 0 Å². The van der Waals surface area contributed by atoms with Gasteiger partial charge in [0, 0.05) is 12.1 Å². The first-order valence-electron chi connectivity index (χ1n) is 8.45. The van der Waals surface area contributed by atoms with Crippen molar-refractivity contribution in [2.75, 3.05) is 0 Å². The Morgan fingerprint density at radius 1 is 1.19 bits per heavy atom. The fourth-order valence-corrected chi connectivity index (χ4v) is 5.70. The van der Waals surface area contributed by atoms with Gasteiger partial charge in [0.05, 0.1) is 0 Å². The molecule has 21 heavy (non-hydrogen) atoms. The van der Waals surface area contributed by atoms with Crippen LogP contribution in [-0.4, -0.2) is 6.04 Å². The average molecular weight is 287 g/mol. The predicted octanol–water partition coefficient (Wildman–Crippen LogP) is 4.62. The summed E-state index contributed by atoms with van der Waals surface area (Å²) in [4.78, 5) is 0. The van der Waals surface area contributed by atoms with Gasteiger partial charge in [-0.3, -0.25) is 0 Å². The summed E-state index contributed by atoms with van der Waals surface area (Å²) in [6.07, 6.45) is 6.02. The molecule has 0 saturated heterocycles. The highest BCUT2D eigenvalue weighted by atomic mass is 19.1. The molecule has 1 nitrogen and oxygen atoms in total. The quantitative estimate of drug-likeness (QED) is 0.837. The Kier molecular flexibility index (Phi) is 2.83. The zero-order valence-corrected chi connectivity index (χ0v) is 13.4. The van der Waals surface area contributed by atoms with E-state index < -0.39 is 0 Å². The molecule has 2 saturated carbocycles. The van der Waals surface area contributed by atoms with Crippen LogP contribution in [0.5, 0.6) is 0 Å². The van der Waals surface area contributed by atoms with Gasteiger partial charge in [-0.2, -0.15) is 0 Å². The van der Waals surface area contributed by atoms with E-state index in [9.17, 15) is 4.39 Å². The molecule has 0 heterocycles. The van der Waals surface area contributed by atoms with Crippen LogP contribution in [0.4, 0.5) is 4.39 Å². The molecule has 1 aromatic rings. The smallest absolute Gasteiger partial charge is 0.126 e. The molecule has 4 atom stereocenters. The van der Waals surface area contributed by atoms with Gasteiger partial charge in [0.15, 0.2) is 0 Å². The second-order valence-electron chi connectivity index (χ2n) is 8.41. The van der Waals surface area contributed by atoms with Gasteiger partial charge in [-0.1, -0.05) is 32.9 Å². The third-order valence-electron chi connectivity index (χ3n) is 6.85. The first-order chi connectivity index (χ1) is 9.92. The van der Waals surface area contributed by atoms with Crippen LogP contribution < -0.4 is 5.32 Å². The standard InChI is InChI=1S/C19H26FN/c1-18(2)12-9-10-19(3,11-12)17(18)21-16-8-7-13-14(16)5-4-6-15(13)20/h4-6,12,16-17,21H,7-11H2,1-3H3. The van der Waals surface area contributed by atoms with E-state index in [-0.39, 0.29) is 5.82 Å². The van der Waals surface area contributed by atoms with Gasteiger partial charge in [0.25, 0.3) is 0 Å². The summed E-state index contributed by atoms with van der Waals surface area (Å²) in [6.45, 7) is 7.32. The van der Waals surface area contributed by atoms with E-state index in [1.165, 1.54) is 24.8 Å². The molecular weight excluding hydrogens is 261 g/mol. The maximum absolute atomic E-state index is 13.9. The third kappa shape index (κ3) is 1.84. The molecule has 1 aromatic carbocycles. The van der Waals surface area contributed by atoms with Crippen molar-refractivity contribution in [1.29, 1.82) is 0 Å². The fourth-order valence-electron chi connectivity index (χ4n) is 5.70. The molecular formula is C19H26FN. The van der Waals surface area contributed by atoms with Crippen molar-refractivity contribution in [2.45, 2.75) is 65.0 Å². The monoisotopic (exact) mass is 287 g/mol. The number of hydrogen-bond acceptors (Lipinski definition) is 1. The van der Waals surface area contributed by atoms with Crippen LogP contribution in [0.3, 0.4) is 0 Å². The highest BCUT2D eigenvalue weighted by molar-refractivity contribution is 5.36. The van der Waals surface area contributed by atoms with Crippen LogP contribution in [0, 0.1) is 22.6 Å². The van der Waals surface area contributed by atoms with Gasteiger partial charge in [-0.05, 0) is 66.0 Å². The highest BCUT2D eigenvalue weighted by Crippen LogP contribution is 2.62. The minimum Gasteiger partial charge on any atom is -0.306 e. The maximum Gasteiger partial charge on any atom is 0.126 e. The van der Waals surface area contributed by atoms with Crippen LogP contribution >= 0.6 is 0 Å². The third-order valence-corrected chi connectivity index (χ3v) is 6.85. The maximum atomic E-state index is 13.9. The van der Waals surface area contributed by atoms with E-state index in [1.807, 2.05) is 6.07 Å². The van der Waals surface area contributed by atoms with Crippen molar-refractivity contribution in [3.63, 3.8) is 0 Å². The van der Waals surface area contributed by atoms with Crippen LogP contribution in [0.1, 0.15) is 63.6 Å². The van der Waals surface area contributed by atoms with Gasteiger partial charge < -0.3 is 5.32 Å². The molecule has 0 radical (unpaired) electrons.